The van der Waals surface area contributed by atoms with Crippen molar-refractivity contribution in [2.24, 2.45) is 0 Å². The van der Waals surface area contributed by atoms with Crippen LogP contribution >= 0.6 is 0 Å². The maximum absolute atomic E-state index is 12.9. The Hall–Kier alpha value is -2.09. The summed E-state index contributed by atoms with van der Waals surface area (Å²) in [5.74, 6) is 1.34. The number of aryl methyl sites for hydroxylation is 1. The van der Waals surface area contributed by atoms with Gasteiger partial charge in [0.2, 0.25) is 5.89 Å². The summed E-state index contributed by atoms with van der Waals surface area (Å²) in [5, 5.41) is 3.98. The third kappa shape index (κ3) is 4.75. The lowest BCUT2D eigenvalue weighted by atomic mass is 10.1. The molecule has 0 saturated carbocycles. The lowest BCUT2D eigenvalue weighted by Crippen LogP contribution is -2.46. The molecule has 1 aromatic heterocycles. The number of halogens is 3. The molecule has 0 N–H and O–H groups in total. The molecule has 26 heavy (non-hydrogen) atoms. The fourth-order valence-electron chi connectivity index (χ4n) is 3.03. The van der Waals surface area contributed by atoms with Gasteiger partial charge in [0.25, 0.3) is 0 Å². The van der Waals surface area contributed by atoms with Gasteiger partial charge in [0.15, 0.2) is 5.82 Å². The van der Waals surface area contributed by atoms with Crippen LogP contribution in [0.15, 0.2) is 28.8 Å². The number of benzene rings is 1. The van der Waals surface area contributed by atoms with E-state index in [4.69, 9.17) is 4.52 Å². The largest absolute Gasteiger partial charge is 0.416 e. The Balaban J connectivity index is 1.54. The highest BCUT2D eigenvalue weighted by Crippen LogP contribution is 2.31. The quantitative estimate of drug-likeness (QED) is 0.777. The van der Waals surface area contributed by atoms with Crippen LogP contribution in [0.5, 0.6) is 0 Å². The van der Waals surface area contributed by atoms with Gasteiger partial charge in [-0.25, -0.2) is 0 Å². The number of hydrogen-bond donors (Lipinski definition) is 0. The van der Waals surface area contributed by atoms with E-state index in [1.165, 1.54) is 12.1 Å². The molecule has 0 bridgehead atoms. The van der Waals surface area contributed by atoms with Crippen LogP contribution in [0.4, 0.5) is 18.9 Å². The number of unbranched alkanes of at least 4 members (excludes halogenated alkanes) is 1. The molecule has 5 nitrogen and oxygen atoms in total. The molecule has 0 unspecified atom stereocenters. The van der Waals surface area contributed by atoms with E-state index in [1.54, 1.807) is 6.07 Å². The SMILES string of the molecule is CCCCc1noc(CN2CCN(c3cccc(C(F)(F)F)c3)CC2)n1. The first kappa shape index (κ1) is 18.7. The number of hydrogen-bond acceptors (Lipinski definition) is 5. The van der Waals surface area contributed by atoms with Gasteiger partial charge in [-0.1, -0.05) is 24.6 Å². The Kier molecular flexibility index (Phi) is 5.80. The molecule has 142 valence electrons. The number of anilines is 1. The highest BCUT2D eigenvalue weighted by atomic mass is 19.4. The van der Waals surface area contributed by atoms with Gasteiger partial charge in [-0.3, -0.25) is 4.90 Å². The van der Waals surface area contributed by atoms with Gasteiger partial charge >= 0.3 is 6.18 Å². The molecule has 1 aliphatic rings. The molecule has 1 saturated heterocycles. The molecule has 0 atom stereocenters. The lowest BCUT2D eigenvalue weighted by molar-refractivity contribution is -0.137. The predicted octanol–water partition coefficient (Wildman–Crippen LogP) is 3.75. The van der Waals surface area contributed by atoms with Gasteiger partial charge in [-0.15, -0.1) is 0 Å². The van der Waals surface area contributed by atoms with Crippen molar-refractivity contribution < 1.29 is 17.7 Å². The topological polar surface area (TPSA) is 45.4 Å². The molecule has 0 amide bonds. The molecule has 8 heteroatoms. The van der Waals surface area contributed by atoms with E-state index in [1.807, 2.05) is 4.90 Å². The Morgan fingerprint density at radius 3 is 2.62 bits per heavy atom. The van der Waals surface area contributed by atoms with Crippen LogP contribution in [0.2, 0.25) is 0 Å². The van der Waals surface area contributed by atoms with E-state index in [0.717, 1.165) is 44.2 Å². The van der Waals surface area contributed by atoms with Crippen molar-refractivity contribution in [2.45, 2.75) is 38.9 Å². The number of aromatic nitrogens is 2. The average Bonchev–Trinajstić information content (AvgIpc) is 3.07. The molecule has 1 fully saturated rings. The second-order valence-electron chi connectivity index (χ2n) is 6.52. The zero-order valence-corrected chi connectivity index (χ0v) is 14.8. The zero-order valence-electron chi connectivity index (χ0n) is 14.8. The molecule has 1 aromatic carbocycles. The lowest BCUT2D eigenvalue weighted by Gasteiger charge is -2.35. The molecule has 0 radical (unpaired) electrons. The van der Waals surface area contributed by atoms with E-state index in [-0.39, 0.29) is 0 Å². The summed E-state index contributed by atoms with van der Waals surface area (Å²) in [4.78, 5) is 8.56. The van der Waals surface area contributed by atoms with Crippen LogP contribution in [-0.4, -0.2) is 41.2 Å². The van der Waals surface area contributed by atoms with Crippen molar-refractivity contribution in [2.75, 3.05) is 31.1 Å². The van der Waals surface area contributed by atoms with Crippen molar-refractivity contribution in [1.29, 1.82) is 0 Å². The molecule has 2 heterocycles. The summed E-state index contributed by atoms with van der Waals surface area (Å²) in [6, 6.07) is 5.50. The highest BCUT2D eigenvalue weighted by molar-refractivity contribution is 5.49. The van der Waals surface area contributed by atoms with E-state index < -0.39 is 11.7 Å². The number of piperazine rings is 1. The second kappa shape index (κ2) is 8.07. The van der Waals surface area contributed by atoms with Crippen LogP contribution in [-0.2, 0) is 19.1 Å². The third-order valence-corrected chi connectivity index (χ3v) is 4.53. The summed E-state index contributed by atoms with van der Waals surface area (Å²) in [6.07, 6.45) is -1.37. The monoisotopic (exact) mass is 368 g/mol. The van der Waals surface area contributed by atoms with Crippen molar-refractivity contribution in [1.82, 2.24) is 15.0 Å². The van der Waals surface area contributed by atoms with E-state index in [9.17, 15) is 13.2 Å². The fourth-order valence-corrected chi connectivity index (χ4v) is 3.03. The molecular formula is C18H23F3N4O. The van der Waals surface area contributed by atoms with Crippen LogP contribution in [0.3, 0.4) is 0 Å². The predicted molar refractivity (Wildman–Crippen MR) is 91.8 cm³/mol. The minimum atomic E-state index is -4.31. The van der Waals surface area contributed by atoms with Crippen molar-refractivity contribution in [3.8, 4) is 0 Å². The van der Waals surface area contributed by atoms with Gasteiger partial charge in [0.1, 0.15) is 0 Å². The van der Waals surface area contributed by atoms with Crippen molar-refractivity contribution in [3.63, 3.8) is 0 Å². The number of alkyl halides is 3. The molecular weight excluding hydrogens is 345 g/mol. The average molecular weight is 368 g/mol. The third-order valence-electron chi connectivity index (χ3n) is 4.53. The summed E-state index contributed by atoms with van der Waals surface area (Å²) in [5.41, 5.74) is 0.00187. The summed E-state index contributed by atoms with van der Waals surface area (Å²) >= 11 is 0. The van der Waals surface area contributed by atoms with E-state index in [0.29, 0.717) is 31.2 Å². The zero-order chi connectivity index (χ0) is 18.6. The summed E-state index contributed by atoms with van der Waals surface area (Å²) in [6.45, 7) is 5.50. The normalized spacial score (nSPS) is 16.2. The first-order valence-electron chi connectivity index (χ1n) is 8.91. The van der Waals surface area contributed by atoms with Gasteiger partial charge in [-0.05, 0) is 24.6 Å². The van der Waals surface area contributed by atoms with Gasteiger partial charge in [0.05, 0.1) is 12.1 Å². The minimum Gasteiger partial charge on any atom is -0.369 e. The first-order valence-corrected chi connectivity index (χ1v) is 8.91. The van der Waals surface area contributed by atoms with Gasteiger partial charge in [-0.2, -0.15) is 18.2 Å². The smallest absolute Gasteiger partial charge is 0.369 e. The number of rotatable bonds is 6. The van der Waals surface area contributed by atoms with Crippen LogP contribution in [0.1, 0.15) is 37.0 Å². The Morgan fingerprint density at radius 1 is 1.15 bits per heavy atom. The van der Waals surface area contributed by atoms with Crippen molar-refractivity contribution >= 4 is 5.69 Å². The van der Waals surface area contributed by atoms with Crippen LogP contribution in [0.25, 0.3) is 0 Å². The minimum absolute atomic E-state index is 0.579. The Morgan fingerprint density at radius 2 is 1.92 bits per heavy atom. The maximum atomic E-state index is 12.9. The summed E-state index contributed by atoms with van der Waals surface area (Å²) in [7, 11) is 0. The Bertz CT molecular complexity index is 708. The fraction of sp³-hybridized carbons (Fsp3) is 0.556. The molecule has 0 aliphatic carbocycles. The molecule has 1 aliphatic heterocycles. The Labute approximate surface area is 150 Å². The standard InChI is InChI=1S/C18H23F3N4O/c1-2-3-7-16-22-17(26-23-16)13-24-8-10-25(11-9-24)15-6-4-5-14(12-15)18(19,20)21/h4-6,12H,2-3,7-11,13H2,1H3. The molecule has 2 aromatic rings. The number of nitrogens with zero attached hydrogens (tertiary/aromatic N) is 4. The summed E-state index contributed by atoms with van der Waals surface area (Å²) < 4.78 is 43.9. The van der Waals surface area contributed by atoms with Crippen molar-refractivity contribution in [3.05, 3.63) is 41.5 Å². The van der Waals surface area contributed by atoms with Gasteiger partial charge in [0, 0.05) is 38.3 Å². The second-order valence-corrected chi connectivity index (χ2v) is 6.52. The van der Waals surface area contributed by atoms with E-state index in [2.05, 4.69) is 22.0 Å². The van der Waals surface area contributed by atoms with E-state index >= 15 is 0 Å². The molecule has 3 rings (SSSR count). The highest BCUT2D eigenvalue weighted by Gasteiger charge is 2.31. The van der Waals surface area contributed by atoms with Crippen LogP contribution < -0.4 is 4.90 Å². The first-order chi connectivity index (χ1) is 12.5. The maximum Gasteiger partial charge on any atom is 0.416 e. The molecule has 0 spiro atoms. The van der Waals surface area contributed by atoms with Gasteiger partial charge < -0.3 is 9.42 Å². The van der Waals surface area contributed by atoms with Crippen LogP contribution in [0, 0.1) is 0 Å².